The average Bonchev–Trinajstić information content (AvgIpc) is 2.28. The summed E-state index contributed by atoms with van der Waals surface area (Å²) in [6, 6.07) is 5.55. The van der Waals surface area contributed by atoms with E-state index in [-0.39, 0.29) is 0 Å². The Labute approximate surface area is 115 Å². The minimum absolute atomic E-state index is 0.617. The first-order chi connectivity index (χ1) is 8.15. The predicted octanol–water partition coefficient (Wildman–Crippen LogP) is 4.11. The fraction of sp³-hybridized carbons (Fsp3) is 0.538. The van der Waals surface area contributed by atoms with E-state index in [1.807, 2.05) is 18.2 Å². The molecule has 96 valence electrons. The molecule has 0 aliphatic carbocycles. The maximum absolute atomic E-state index is 12.0. The molecule has 0 saturated heterocycles. The van der Waals surface area contributed by atoms with Crippen LogP contribution in [0, 0.1) is 0 Å². The highest BCUT2D eigenvalue weighted by atomic mass is 79.9. The van der Waals surface area contributed by atoms with Gasteiger partial charge in [0.15, 0.2) is 0 Å². The monoisotopic (exact) mass is 317 g/mol. The zero-order valence-corrected chi connectivity index (χ0v) is 12.6. The Bertz CT molecular complexity index is 382. The first kappa shape index (κ1) is 14.7. The summed E-state index contributed by atoms with van der Waals surface area (Å²) in [5.41, 5.74) is 6.47. The summed E-state index contributed by atoms with van der Waals surface area (Å²) < 4.78 is 13.0. The van der Waals surface area contributed by atoms with Crippen molar-refractivity contribution in [3.8, 4) is 0 Å². The van der Waals surface area contributed by atoms with Crippen LogP contribution < -0.4 is 5.73 Å². The Hall–Kier alpha value is -0.350. The zero-order chi connectivity index (χ0) is 12.7. The van der Waals surface area contributed by atoms with Crippen molar-refractivity contribution in [3.63, 3.8) is 0 Å². The van der Waals surface area contributed by atoms with E-state index in [4.69, 9.17) is 5.73 Å². The topological polar surface area (TPSA) is 43.1 Å². The van der Waals surface area contributed by atoms with Gasteiger partial charge in [0, 0.05) is 15.9 Å². The average molecular weight is 318 g/mol. The summed E-state index contributed by atoms with van der Waals surface area (Å²) in [5, 5.41) is 0. The second-order valence-corrected chi connectivity index (χ2v) is 6.60. The van der Waals surface area contributed by atoms with Crippen molar-refractivity contribution >= 4 is 32.4 Å². The molecule has 2 nitrogen and oxygen atoms in total. The van der Waals surface area contributed by atoms with Crippen molar-refractivity contribution in [1.29, 1.82) is 0 Å². The second kappa shape index (κ2) is 7.88. The van der Waals surface area contributed by atoms with Gasteiger partial charge in [0.1, 0.15) is 0 Å². The predicted molar refractivity (Wildman–Crippen MR) is 78.6 cm³/mol. The molecule has 0 amide bonds. The van der Waals surface area contributed by atoms with Crippen LogP contribution in [-0.2, 0) is 10.8 Å². The van der Waals surface area contributed by atoms with Crippen molar-refractivity contribution in [2.45, 2.75) is 43.9 Å². The van der Waals surface area contributed by atoms with Gasteiger partial charge in [-0.2, -0.15) is 0 Å². The summed E-state index contributed by atoms with van der Waals surface area (Å²) in [6.07, 6.45) is 5.93. The molecule has 0 spiro atoms. The lowest BCUT2D eigenvalue weighted by Gasteiger charge is -2.06. The molecule has 2 N–H and O–H groups in total. The van der Waals surface area contributed by atoms with Crippen molar-refractivity contribution in [2.24, 2.45) is 0 Å². The van der Waals surface area contributed by atoms with Crippen molar-refractivity contribution in [2.75, 3.05) is 11.5 Å². The number of nitrogen functional groups attached to an aromatic ring is 1. The molecule has 0 fully saturated rings. The van der Waals surface area contributed by atoms with Crippen LogP contribution in [0.4, 0.5) is 5.69 Å². The van der Waals surface area contributed by atoms with Gasteiger partial charge >= 0.3 is 0 Å². The SMILES string of the molecule is CCCCCCCS(=O)c1ccc(Br)cc1N. The smallest absolute Gasteiger partial charge is 0.0618 e. The Morgan fingerprint density at radius 2 is 1.94 bits per heavy atom. The van der Waals surface area contributed by atoms with Crippen LogP contribution in [0.2, 0.25) is 0 Å². The van der Waals surface area contributed by atoms with Crippen molar-refractivity contribution < 1.29 is 4.21 Å². The van der Waals surface area contributed by atoms with E-state index in [0.29, 0.717) is 5.69 Å². The van der Waals surface area contributed by atoms with Gasteiger partial charge in [0.05, 0.1) is 15.7 Å². The minimum atomic E-state index is -0.955. The van der Waals surface area contributed by atoms with E-state index in [1.54, 1.807) is 0 Å². The van der Waals surface area contributed by atoms with Gasteiger partial charge in [-0.15, -0.1) is 0 Å². The van der Waals surface area contributed by atoms with Crippen molar-refractivity contribution in [3.05, 3.63) is 22.7 Å². The second-order valence-electron chi connectivity index (χ2n) is 4.15. The van der Waals surface area contributed by atoms with Crippen LogP contribution in [0.25, 0.3) is 0 Å². The number of hydrogen-bond donors (Lipinski definition) is 1. The highest BCUT2D eigenvalue weighted by Gasteiger charge is 2.07. The van der Waals surface area contributed by atoms with Crippen LogP contribution in [0.3, 0.4) is 0 Å². The number of nitrogens with two attached hydrogens (primary N) is 1. The van der Waals surface area contributed by atoms with E-state index in [1.165, 1.54) is 19.3 Å². The minimum Gasteiger partial charge on any atom is -0.398 e. The Morgan fingerprint density at radius 1 is 1.24 bits per heavy atom. The molecule has 0 aliphatic heterocycles. The van der Waals surface area contributed by atoms with Gasteiger partial charge in [0.25, 0.3) is 0 Å². The van der Waals surface area contributed by atoms with Gasteiger partial charge in [-0.05, 0) is 24.6 Å². The quantitative estimate of drug-likeness (QED) is 0.607. The first-order valence-electron chi connectivity index (χ1n) is 6.08. The third kappa shape index (κ3) is 5.21. The van der Waals surface area contributed by atoms with Gasteiger partial charge in [-0.25, -0.2) is 0 Å². The summed E-state index contributed by atoms with van der Waals surface area (Å²) in [7, 11) is -0.955. The normalized spacial score (nSPS) is 12.6. The molecular formula is C13H20BrNOS. The molecule has 1 atom stereocenters. The third-order valence-corrected chi connectivity index (χ3v) is 4.67. The lowest BCUT2D eigenvalue weighted by Crippen LogP contribution is -2.02. The summed E-state index contributed by atoms with van der Waals surface area (Å²) in [5.74, 6) is 0.718. The van der Waals surface area contributed by atoms with Crippen LogP contribution in [-0.4, -0.2) is 9.96 Å². The van der Waals surface area contributed by atoms with Gasteiger partial charge in [-0.3, -0.25) is 4.21 Å². The van der Waals surface area contributed by atoms with E-state index < -0.39 is 10.8 Å². The number of rotatable bonds is 7. The Morgan fingerprint density at radius 3 is 2.59 bits per heavy atom. The third-order valence-electron chi connectivity index (χ3n) is 2.65. The first-order valence-corrected chi connectivity index (χ1v) is 8.19. The molecule has 0 heterocycles. The molecule has 0 saturated carbocycles. The van der Waals surface area contributed by atoms with Gasteiger partial charge < -0.3 is 5.73 Å². The standard InChI is InChI=1S/C13H20BrNOS/c1-2-3-4-5-6-9-17(16)13-8-7-11(14)10-12(13)15/h7-8,10H,2-6,9,15H2,1H3. The maximum Gasteiger partial charge on any atom is 0.0618 e. The Kier molecular flexibility index (Phi) is 6.82. The molecular weight excluding hydrogens is 298 g/mol. The van der Waals surface area contributed by atoms with Gasteiger partial charge in [-0.1, -0.05) is 48.5 Å². The molecule has 0 bridgehead atoms. The lowest BCUT2D eigenvalue weighted by atomic mass is 10.2. The molecule has 1 rings (SSSR count). The Balaban J connectivity index is 2.42. The molecule has 0 radical (unpaired) electrons. The summed E-state index contributed by atoms with van der Waals surface area (Å²) >= 11 is 3.35. The lowest BCUT2D eigenvalue weighted by molar-refractivity contribution is 0.647. The van der Waals surface area contributed by atoms with Crippen LogP contribution in [0.15, 0.2) is 27.6 Å². The largest absolute Gasteiger partial charge is 0.398 e. The highest BCUT2D eigenvalue weighted by Crippen LogP contribution is 2.22. The number of hydrogen-bond acceptors (Lipinski definition) is 2. The number of halogens is 1. The molecule has 4 heteroatoms. The van der Waals surface area contributed by atoms with E-state index in [0.717, 1.165) is 28.0 Å². The molecule has 0 aliphatic rings. The number of benzene rings is 1. The molecule has 1 unspecified atom stereocenters. The fourth-order valence-corrected chi connectivity index (χ4v) is 3.28. The molecule has 1 aromatic rings. The fourth-order valence-electron chi connectivity index (χ4n) is 1.67. The maximum atomic E-state index is 12.0. The van der Waals surface area contributed by atoms with Crippen molar-refractivity contribution in [1.82, 2.24) is 0 Å². The van der Waals surface area contributed by atoms with E-state index >= 15 is 0 Å². The van der Waals surface area contributed by atoms with E-state index in [2.05, 4.69) is 22.9 Å². The van der Waals surface area contributed by atoms with Gasteiger partial charge in [0.2, 0.25) is 0 Å². The molecule has 0 aromatic heterocycles. The highest BCUT2D eigenvalue weighted by molar-refractivity contribution is 9.10. The van der Waals surface area contributed by atoms with Crippen LogP contribution in [0.1, 0.15) is 39.0 Å². The molecule has 1 aromatic carbocycles. The summed E-state index contributed by atoms with van der Waals surface area (Å²) in [4.78, 5) is 0.767. The zero-order valence-electron chi connectivity index (χ0n) is 10.2. The van der Waals surface area contributed by atoms with Crippen LogP contribution >= 0.6 is 15.9 Å². The number of unbranched alkanes of at least 4 members (excludes halogenated alkanes) is 4. The van der Waals surface area contributed by atoms with Crippen LogP contribution in [0.5, 0.6) is 0 Å². The van der Waals surface area contributed by atoms with E-state index in [9.17, 15) is 4.21 Å². The summed E-state index contributed by atoms with van der Waals surface area (Å²) in [6.45, 7) is 2.20. The number of anilines is 1. The molecule has 17 heavy (non-hydrogen) atoms.